The fourth-order valence-electron chi connectivity index (χ4n) is 4.04. The molecule has 0 atom stereocenters. The summed E-state index contributed by atoms with van der Waals surface area (Å²) in [6.07, 6.45) is 7.57. The zero-order chi connectivity index (χ0) is 18.8. The average Bonchev–Trinajstić information content (AvgIpc) is 3.07. The molecule has 2 aliphatic carbocycles. The minimum Gasteiger partial charge on any atom is -0.460 e. The van der Waals surface area contributed by atoms with Crippen molar-refractivity contribution in [3.05, 3.63) is 34.5 Å². The maximum absolute atomic E-state index is 12.6. The number of nitrogens with zero attached hydrogens (tertiary/aromatic N) is 3. The molecular weight excluding hydrogens is 344 g/mol. The van der Waals surface area contributed by atoms with E-state index >= 15 is 0 Å². The summed E-state index contributed by atoms with van der Waals surface area (Å²) >= 11 is 0. The number of carbonyl (C=O) groups is 1. The molecule has 7 heteroatoms. The Morgan fingerprint density at radius 2 is 1.81 bits per heavy atom. The van der Waals surface area contributed by atoms with Gasteiger partial charge in [-0.15, -0.1) is 0 Å². The van der Waals surface area contributed by atoms with E-state index < -0.39 is 0 Å². The molecule has 1 fully saturated rings. The van der Waals surface area contributed by atoms with Crippen molar-refractivity contribution < 1.29 is 14.1 Å². The number of carbonyl (C=O) groups excluding carboxylic acids is 1. The summed E-state index contributed by atoms with van der Waals surface area (Å²) in [5, 5.41) is 7.15. The van der Waals surface area contributed by atoms with Gasteiger partial charge in [0.25, 0.3) is 5.91 Å². The van der Waals surface area contributed by atoms with E-state index in [2.05, 4.69) is 20.4 Å². The van der Waals surface area contributed by atoms with Crippen molar-refractivity contribution >= 4 is 5.91 Å². The van der Waals surface area contributed by atoms with Crippen LogP contribution in [-0.4, -0.2) is 33.2 Å². The van der Waals surface area contributed by atoms with Crippen LogP contribution in [0.3, 0.4) is 0 Å². The minimum absolute atomic E-state index is 0.0964. The van der Waals surface area contributed by atoms with Crippen LogP contribution in [0.15, 0.2) is 10.6 Å². The second-order valence-corrected chi connectivity index (χ2v) is 7.64. The molecule has 4 rings (SSSR count). The molecular formula is C20H26N4O3. The number of ether oxygens (including phenoxy) is 1. The second-order valence-electron chi connectivity index (χ2n) is 7.64. The number of aromatic nitrogens is 3. The first kappa shape index (κ1) is 17.9. The lowest BCUT2D eigenvalue weighted by atomic mass is 9.92. The maximum atomic E-state index is 12.6. The summed E-state index contributed by atoms with van der Waals surface area (Å²) in [5.74, 6) is 0.779. The summed E-state index contributed by atoms with van der Waals surface area (Å²) in [7, 11) is 0. The summed E-state index contributed by atoms with van der Waals surface area (Å²) in [6.45, 7) is 3.88. The largest absolute Gasteiger partial charge is 0.460 e. The molecule has 1 saturated carbocycles. The molecule has 2 aromatic rings. The van der Waals surface area contributed by atoms with E-state index in [4.69, 9.17) is 9.26 Å². The molecule has 0 unspecified atom stereocenters. The Labute approximate surface area is 158 Å². The standard InChI is InChI=1S/C20H26N4O3/c1-12-11-13(2)22-20(21-12)26-15-9-7-14(8-10-15)23-19(25)18-16-5-3-4-6-17(16)27-24-18/h11,14-15H,3-10H2,1-2H3,(H,23,25). The van der Waals surface area contributed by atoms with Crippen LogP contribution in [-0.2, 0) is 12.8 Å². The molecule has 0 aliphatic heterocycles. The number of aryl methyl sites for hydroxylation is 3. The molecule has 2 heterocycles. The molecule has 1 N–H and O–H groups in total. The van der Waals surface area contributed by atoms with Gasteiger partial charge in [-0.25, -0.2) is 9.97 Å². The van der Waals surface area contributed by atoms with Crippen molar-refractivity contribution in [3.8, 4) is 6.01 Å². The molecule has 27 heavy (non-hydrogen) atoms. The Morgan fingerprint density at radius 3 is 2.56 bits per heavy atom. The van der Waals surface area contributed by atoms with Crippen molar-refractivity contribution in [3.63, 3.8) is 0 Å². The van der Waals surface area contributed by atoms with Crippen LogP contribution in [0.25, 0.3) is 0 Å². The zero-order valence-electron chi connectivity index (χ0n) is 16.0. The van der Waals surface area contributed by atoms with Gasteiger partial charge in [-0.2, -0.15) is 0 Å². The fraction of sp³-hybridized carbons (Fsp3) is 0.600. The molecule has 0 saturated heterocycles. The fourth-order valence-corrected chi connectivity index (χ4v) is 4.04. The topological polar surface area (TPSA) is 90.1 Å². The van der Waals surface area contributed by atoms with E-state index in [1.165, 1.54) is 0 Å². The molecule has 1 amide bonds. The number of rotatable bonds is 4. The number of hydrogen-bond donors (Lipinski definition) is 1. The van der Waals surface area contributed by atoms with Gasteiger partial charge in [0, 0.05) is 29.4 Å². The van der Waals surface area contributed by atoms with E-state index in [9.17, 15) is 4.79 Å². The predicted molar refractivity (Wildman–Crippen MR) is 98.8 cm³/mol. The smallest absolute Gasteiger partial charge is 0.317 e. The number of nitrogens with one attached hydrogen (secondary N) is 1. The van der Waals surface area contributed by atoms with Gasteiger partial charge in [0.05, 0.1) is 0 Å². The van der Waals surface area contributed by atoms with E-state index in [1.807, 2.05) is 19.9 Å². The Morgan fingerprint density at radius 1 is 1.11 bits per heavy atom. The van der Waals surface area contributed by atoms with E-state index in [-0.39, 0.29) is 18.1 Å². The van der Waals surface area contributed by atoms with Gasteiger partial charge in [0.1, 0.15) is 11.9 Å². The van der Waals surface area contributed by atoms with Gasteiger partial charge in [-0.05, 0) is 64.9 Å². The first-order valence-electron chi connectivity index (χ1n) is 9.85. The quantitative estimate of drug-likeness (QED) is 0.889. The lowest BCUT2D eigenvalue weighted by Crippen LogP contribution is -2.40. The molecule has 2 aromatic heterocycles. The Kier molecular flexibility index (Phi) is 5.09. The number of fused-ring (bicyclic) bond motifs is 1. The first-order chi connectivity index (χ1) is 13.1. The third kappa shape index (κ3) is 4.12. The molecule has 2 aliphatic rings. The van der Waals surface area contributed by atoms with E-state index in [1.54, 1.807) is 0 Å². The van der Waals surface area contributed by atoms with Crippen LogP contribution in [0.2, 0.25) is 0 Å². The first-order valence-corrected chi connectivity index (χ1v) is 9.85. The summed E-state index contributed by atoms with van der Waals surface area (Å²) in [6, 6.07) is 2.53. The van der Waals surface area contributed by atoms with Gasteiger partial charge in [-0.3, -0.25) is 4.79 Å². The lowest BCUT2D eigenvalue weighted by molar-refractivity contribution is 0.0875. The molecule has 144 valence electrons. The Balaban J connectivity index is 1.30. The van der Waals surface area contributed by atoms with Crippen molar-refractivity contribution in [2.75, 3.05) is 0 Å². The van der Waals surface area contributed by atoms with Crippen molar-refractivity contribution in [2.24, 2.45) is 0 Å². The highest BCUT2D eigenvalue weighted by molar-refractivity contribution is 5.94. The SMILES string of the molecule is Cc1cc(C)nc(OC2CCC(NC(=O)c3noc4c3CCCC4)CC2)n1. The van der Waals surface area contributed by atoms with Gasteiger partial charge in [0.2, 0.25) is 0 Å². The number of amides is 1. The minimum atomic E-state index is -0.107. The summed E-state index contributed by atoms with van der Waals surface area (Å²) in [5.41, 5.74) is 3.30. The third-order valence-electron chi connectivity index (χ3n) is 5.41. The average molecular weight is 370 g/mol. The van der Waals surface area contributed by atoms with Crippen LogP contribution in [0.4, 0.5) is 0 Å². The van der Waals surface area contributed by atoms with Gasteiger partial charge < -0.3 is 14.6 Å². The second kappa shape index (κ2) is 7.66. The predicted octanol–water partition coefficient (Wildman–Crippen LogP) is 3.08. The molecule has 7 nitrogen and oxygen atoms in total. The monoisotopic (exact) mass is 370 g/mol. The normalized spacial score (nSPS) is 22.1. The van der Waals surface area contributed by atoms with E-state index in [0.29, 0.717) is 11.7 Å². The molecule has 0 radical (unpaired) electrons. The molecule has 0 aromatic carbocycles. The Bertz CT molecular complexity index is 804. The number of hydrogen-bond acceptors (Lipinski definition) is 6. The van der Waals surface area contributed by atoms with Gasteiger partial charge in [-0.1, -0.05) is 5.16 Å². The van der Waals surface area contributed by atoms with Gasteiger partial charge in [0.15, 0.2) is 5.69 Å². The highest BCUT2D eigenvalue weighted by Gasteiger charge is 2.28. The zero-order valence-corrected chi connectivity index (χ0v) is 16.0. The maximum Gasteiger partial charge on any atom is 0.317 e. The van der Waals surface area contributed by atoms with Crippen molar-refractivity contribution in [1.82, 2.24) is 20.4 Å². The summed E-state index contributed by atoms with van der Waals surface area (Å²) < 4.78 is 11.3. The molecule has 0 bridgehead atoms. The molecule has 0 spiro atoms. The summed E-state index contributed by atoms with van der Waals surface area (Å²) in [4.78, 5) is 21.3. The van der Waals surface area contributed by atoms with E-state index in [0.717, 1.165) is 74.1 Å². The van der Waals surface area contributed by atoms with Crippen LogP contribution in [0.5, 0.6) is 6.01 Å². The van der Waals surface area contributed by atoms with Crippen molar-refractivity contribution in [2.45, 2.75) is 77.4 Å². The third-order valence-corrected chi connectivity index (χ3v) is 5.41. The lowest BCUT2D eigenvalue weighted by Gasteiger charge is -2.28. The highest BCUT2D eigenvalue weighted by Crippen LogP contribution is 2.26. The van der Waals surface area contributed by atoms with Gasteiger partial charge >= 0.3 is 6.01 Å². The highest BCUT2D eigenvalue weighted by atomic mass is 16.5. The Hall–Kier alpha value is -2.44. The van der Waals surface area contributed by atoms with Crippen LogP contribution < -0.4 is 10.1 Å². The van der Waals surface area contributed by atoms with Crippen molar-refractivity contribution in [1.29, 1.82) is 0 Å². The van der Waals surface area contributed by atoms with Crippen LogP contribution in [0, 0.1) is 13.8 Å². The van der Waals surface area contributed by atoms with Crippen LogP contribution in [0.1, 0.15) is 71.7 Å². The van der Waals surface area contributed by atoms with Crippen LogP contribution >= 0.6 is 0 Å².